The molecule has 1 aliphatic heterocycles. The summed E-state index contributed by atoms with van der Waals surface area (Å²) in [5, 5.41) is 4.25. The largest absolute Gasteiger partial charge is 0.376 e. The summed E-state index contributed by atoms with van der Waals surface area (Å²) in [7, 11) is 0. The lowest BCUT2D eigenvalue weighted by atomic mass is 10.2. The van der Waals surface area contributed by atoms with Gasteiger partial charge in [-0.2, -0.15) is 0 Å². The number of thioether (sulfide) groups is 1. The summed E-state index contributed by atoms with van der Waals surface area (Å²) in [6.45, 7) is 4.78. The number of rotatable bonds is 0. The van der Waals surface area contributed by atoms with Crippen LogP contribution < -0.4 is 5.32 Å². The van der Waals surface area contributed by atoms with Gasteiger partial charge in [0.05, 0.1) is 5.03 Å². The number of benzene rings is 1. The minimum atomic E-state index is 0.919. The normalized spacial score (nSPS) is 15.5. The van der Waals surface area contributed by atoms with Crippen molar-refractivity contribution < 1.29 is 0 Å². The molecule has 0 amide bonds. The lowest BCUT2D eigenvalue weighted by Gasteiger charge is -2.18. The topological polar surface area (TPSA) is 12.0 Å². The average Bonchev–Trinajstić information content (AvgIpc) is 2.04. The molecule has 2 rings (SSSR count). The molecule has 1 nitrogen and oxygen atoms in total. The van der Waals surface area contributed by atoms with E-state index in [0.717, 1.165) is 11.6 Å². The van der Waals surface area contributed by atoms with Crippen LogP contribution in [0.1, 0.15) is 5.56 Å². The highest BCUT2D eigenvalue weighted by Crippen LogP contribution is 2.30. The molecular weight excluding hydrogens is 154 g/mol. The van der Waals surface area contributed by atoms with Crippen LogP contribution in [0.4, 0.5) is 0 Å². The van der Waals surface area contributed by atoms with Gasteiger partial charge in [0.2, 0.25) is 0 Å². The Morgan fingerprint density at radius 2 is 2.18 bits per heavy atom. The van der Waals surface area contributed by atoms with E-state index < -0.39 is 0 Å². The molecule has 0 spiro atoms. The third-order valence-electron chi connectivity index (χ3n) is 1.68. The van der Waals surface area contributed by atoms with E-state index in [-0.39, 0.29) is 0 Å². The second-order valence-corrected chi connectivity index (χ2v) is 3.62. The standard InChI is InChI=1S/C9H9NS/c1-7-10-6-8-4-2-3-5-9(8)11-7/h2-5,10H,1,6H2. The van der Waals surface area contributed by atoms with Crippen LogP contribution >= 0.6 is 11.8 Å². The SMILES string of the molecule is C=C1NCc2ccccc2S1. The van der Waals surface area contributed by atoms with Crippen molar-refractivity contribution in [2.75, 3.05) is 0 Å². The van der Waals surface area contributed by atoms with Gasteiger partial charge in [0.1, 0.15) is 0 Å². The highest BCUT2D eigenvalue weighted by Gasteiger charge is 2.09. The lowest BCUT2D eigenvalue weighted by Crippen LogP contribution is -2.14. The van der Waals surface area contributed by atoms with Gasteiger partial charge < -0.3 is 5.32 Å². The summed E-state index contributed by atoms with van der Waals surface area (Å²) in [5.74, 6) is 0. The van der Waals surface area contributed by atoms with Crippen LogP contribution in [-0.2, 0) is 6.54 Å². The highest BCUT2D eigenvalue weighted by molar-refractivity contribution is 8.03. The van der Waals surface area contributed by atoms with E-state index in [1.54, 1.807) is 11.8 Å². The number of hydrogen-bond acceptors (Lipinski definition) is 2. The van der Waals surface area contributed by atoms with E-state index in [4.69, 9.17) is 0 Å². The van der Waals surface area contributed by atoms with Gasteiger partial charge in [-0.15, -0.1) is 0 Å². The predicted molar refractivity (Wildman–Crippen MR) is 48.3 cm³/mol. The molecule has 0 radical (unpaired) electrons. The molecule has 0 atom stereocenters. The van der Waals surface area contributed by atoms with E-state index in [2.05, 4.69) is 36.2 Å². The summed E-state index contributed by atoms with van der Waals surface area (Å²) in [5.41, 5.74) is 1.37. The molecule has 56 valence electrons. The quantitative estimate of drug-likeness (QED) is 0.630. The number of nitrogens with one attached hydrogen (secondary N) is 1. The Morgan fingerprint density at radius 1 is 1.36 bits per heavy atom. The van der Waals surface area contributed by atoms with Crippen LogP contribution in [0.3, 0.4) is 0 Å². The summed E-state index contributed by atoms with van der Waals surface area (Å²) < 4.78 is 0. The molecule has 1 aliphatic rings. The van der Waals surface area contributed by atoms with E-state index in [1.165, 1.54) is 10.5 Å². The molecule has 0 unspecified atom stereocenters. The van der Waals surface area contributed by atoms with Crippen molar-refractivity contribution in [2.45, 2.75) is 11.4 Å². The average molecular weight is 163 g/mol. The van der Waals surface area contributed by atoms with Crippen molar-refractivity contribution in [1.82, 2.24) is 5.32 Å². The zero-order chi connectivity index (χ0) is 7.68. The maximum atomic E-state index is 3.86. The maximum Gasteiger partial charge on any atom is 0.0659 e. The molecule has 2 heteroatoms. The summed E-state index contributed by atoms with van der Waals surface area (Å²) in [4.78, 5) is 1.33. The maximum absolute atomic E-state index is 3.86. The van der Waals surface area contributed by atoms with Crippen LogP contribution in [0.25, 0.3) is 0 Å². The molecule has 1 aromatic carbocycles. The van der Waals surface area contributed by atoms with Crippen molar-refractivity contribution in [2.24, 2.45) is 0 Å². The summed E-state index contributed by atoms with van der Waals surface area (Å²) in [6.07, 6.45) is 0. The highest BCUT2D eigenvalue weighted by atomic mass is 32.2. The zero-order valence-electron chi connectivity index (χ0n) is 6.13. The molecule has 0 aliphatic carbocycles. The zero-order valence-corrected chi connectivity index (χ0v) is 6.95. The van der Waals surface area contributed by atoms with Gasteiger partial charge in [-0.25, -0.2) is 0 Å². The molecule has 1 N–H and O–H groups in total. The molecule has 0 saturated carbocycles. The van der Waals surface area contributed by atoms with Crippen molar-refractivity contribution in [1.29, 1.82) is 0 Å². The molecule has 0 saturated heterocycles. The summed E-state index contributed by atoms with van der Waals surface area (Å²) in [6, 6.07) is 8.40. The minimum Gasteiger partial charge on any atom is -0.376 e. The third-order valence-corrected chi connectivity index (χ3v) is 2.69. The Morgan fingerprint density at radius 3 is 3.09 bits per heavy atom. The van der Waals surface area contributed by atoms with Crippen LogP contribution in [-0.4, -0.2) is 0 Å². The van der Waals surface area contributed by atoms with Crippen molar-refractivity contribution >= 4 is 11.8 Å². The molecule has 0 aromatic heterocycles. The van der Waals surface area contributed by atoms with Gasteiger partial charge in [-0.05, 0) is 11.6 Å². The van der Waals surface area contributed by atoms with Gasteiger partial charge in [-0.1, -0.05) is 36.5 Å². The first-order valence-electron chi connectivity index (χ1n) is 3.55. The molecular formula is C9H9NS. The van der Waals surface area contributed by atoms with Gasteiger partial charge in [0.25, 0.3) is 0 Å². The molecule has 11 heavy (non-hydrogen) atoms. The van der Waals surface area contributed by atoms with Crippen LogP contribution in [0.5, 0.6) is 0 Å². The van der Waals surface area contributed by atoms with E-state index in [1.807, 2.05) is 0 Å². The Kier molecular flexibility index (Phi) is 1.62. The van der Waals surface area contributed by atoms with E-state index in [0.29, 0.717) is 0 Å². The van der Waals surface area contributed by atoms with Crippen LogP contribution in [0.2, 0.25) is 0 Å². The Balaban J connectivity index is 2.41. The molecule has 0 bridgehead atoms. The minimum absolute atomic E-state index is 0.919. The van der Waals surface area contributed by atoms with Crippen LogP contribution in [0.15, 0.2) is 40.8 Å². The van der Waals surface area contributed by atoms with E-state index >= 15 is 0 Å². The van der Waals surface area contributed by atoms with Gasteiger partial charge in [0.15, 0.2) is 0 Å². The Bertz CT molecular complexity index is 293. The van der Waals surface area contributed by atoms with Crippen LogP contribution in [0, 0.1) is 0 Å². The van der Waals surface area contributed by atoms with Crippen molar-refractivity contribution in [3.63, 3.8) is 0 Å². The second-order valence-electron chi connectivity index (χ2n) is 2.49. The van der Waals surface area contributed by atoms with E-state index in [9.17, 15) is 0 Å². The monoisotopic (exact) mass is 163 g/mol. The number of hydrogen-bond donors (Lipinski definition) is 1. The summed E-state index contributed by atoms with van der Waals surface area (Å²) >= 11 is 1.71. The predicted octanol–water partition coefficient (Wildman–Crippen LogP) is 2.35. The fourth-order valence-electron chi connectivity index (χ4n) is 1.11. The Labute approximate surface area is 70.5 Å². The van der Waals surface area contributed by atoms with Gasteiger partial charge in [-0.3, -0.25) is 0 Å². The molecule has 1 heterocycles. The second kappa shape index (κ2) is 2.62. The van der Waals surface area contributed by atoms with Gasteiger partial charge in [0, 0.05) is 11.4 Å². The smallest absolute Gasteiger partial charge is 0.0659 e. The third kappa shape index (κ3) is 1.26. The lowest BCUT2D eigenvalue weighted by molar-refractivity contribution is 0.827. The first-order chi connectivity index (χ1) is 5.36. The van der Waals surface area contributed by atoms with Gasteiger partial charge >= 0.3 is 0 Å². The Hall–Kier alpha value is -0.890. The van der Waals surface area contributed by atoms with Crippen molar-refractivity contribution in [3.05, 3.63) is 41.4 Å². The first-order valence-corrected chi connectivity index (χ1v) is 4.36. The number of fused-ring (bicyclic) bond motifs is 1. The fourth-order valence-corrected chi connectivity index (χ4v) is 1.94. The fraction of sp³-hybridized carbons (Fsp3) is 0.111. The van der Waals surface area contributed by atoms with Crippen molar-refractivity contribution in [3.8, 4) is 0 Å². The first kappa shape index (κ1) is 6.80. The molecule has 0 fully saturated rings. The molecule has 1 aromatic rings.